The topological polar surface area (TPSA) is 110 Å². The zero-order valence-corrected chi connectivity index (χ0v) is 17.6. The normalized spacial score (nSPS) is 21.5. The Morgan fingerprint density at radius 3 is 2.68 bits per heavy atom. The van der Waals surface area contributed by atoms with Crippen LogP contribution in [0.25, 0.3) is 0 Å². The van der Waals surface area contributed by atoms with Gasteiger partial charge in [0.2, 0.25) is 0 Å². The Bertz CT molecular complexity index is 468. The van der Waals surface area contributed by atoms with Gasteiger partial charge in [0.1, 0.15) is 5.70 Å². The number of carboxylic acids is 1. The van der Waals surface area contributed by atoms with Crippen molar-refractivity contribution in [2.75, 3.05) is 0 Å². The number of aliphatic carboxylic acids is 1. The molecule has 0 bridgehead atoms. The van der Waals surface area contributed by atoms with Gasteiger partial charge in [0.15, 0.2) is 0 Å². The molecule has 0 amide bonds. The summed E-state index contributed by atoms with van der Waals surface area (Å²) in [6.45, 7) is 4.00. The molecular formula is C16H27N3O2U. The zero-order valence-electron chi connectivity index (χ0n) is 13.4. The SMILES string of the molecule is CC.N.N/C(C(=O)O)=C1/CCCC(C2=CC=CCC=C2)N1.[U]. The smallest absolute Gasteiger partial charge is 0.353 e. The van der Waals surface area contributed by atoms with Crippen molar-refractivity contribution < 1.29 is 41.0 Å². The van der Waals surface area contributed by atoms with Gasteiger partial charge in [-0.3, -0.25) is 0 Å². The van der Waals surface area contributed by atoms with Gasteiger partial charge in [0.05, 0.1) is 6.04 Å². The van der Waals surface area contributed by atoms with E-state index in [0.29, 0.717) is 12.1 Å². The zero-order chi connectivity index (χ0) is 15.0. The fraction of sp³-hybridized carbons (Fsp3) is 0.438. The van der Waals surface area contributed by atoms with E-state index in [9.17, 15) is 4.79 Å². The molecule has 1 atom stereocenters. The minimum Gasteiger partial charge on any atom is -0.477 e. The van der Waals surface area contributed by atoms with Crippen molar-refractivity contribution in [3.63, 3.8) is 0 Å². The number of nitrogens with one attached hydrogen (secondary N) is 1. The molecule has 0 spiro atoms. The van der Waals surface area contributed by atoms with Gasteiger partial charge >= 0.3 is 5.97 Å². The summed E-state index contributed by atoms with van der Waals surface area (Å²) in [5.41, 5.74) is 7.35. The molecular weight excluding hydrogens is 504 g/mol. The van der Waals surface area contributed by atoms with Crippen molar-refractivity contribution in [2.24, 2.45) is 5.73 Å². The summed E-state index contributed by atoms with van der Waals surface area (Å²) < 4.78 is 0. The van der Waals surface area contributed by atoms with Crippen LogP contribution in [0.5, 0.6) is 0 Å². The first-order chi connectivity index (χ1) is 9.68. The molecule has 5 nitrogen and oxygen atoms in total. The monoisotopic (exact) mass is 531 g/mol. The number of carbonyl (C=O) groups is 1. The molecule has 1 fully saturated rings. The van der Waals surface area contributed by atoms with Crippen molar-refractivity contribution in [2.45, 2.75) is 45.6 Å². The second-order valence-corrected chi connectivity index (χ2v) is 4.52. The summed E-state index contributed by atoms with van der Waals surface area (Å²) in [6, 6.07) is 0.158. The molecule has 1 saturated heterocycles. The standard InChI is InChI=1S/C14H18N2O2.C2H6.H3N.U/c15-13(14(17)18)12-9-5-8-11(16-12)10-6-3-1-2-4-7-10;1-2;;/h1,3-4,6-7,11,16H,2,5,8-9,15H2,(H,17,18);1-2H3;1H3;/b13-12-;;;. The van der Waals surface area contributed by atoms with Gasteiger partial charge in [-0.25, -0.2) is 4.79 Å². The molecule has 0 saturated carbocycles. The fourth-order valence-electron chi connectivity index (χ4n) is 2.26. The maximum Gasteiger partial charge on any atom is 0.353 e. The van der Waals surface area contributed by atoms with Crippen LogP contribution >= 0.6 is 0 Å². The van der Waals surface area contributed by atoms with E-state index in [1.54, 1.807) is 0 Å². The predicted octanol–water partition coefficient (Wildman–Crippen LogP) is 3.01. The van der Waals surface area contributed by atoms with Crippen LogP contribution in [0.15, 0.2) is 47.3 Å². The van der Waals surface area contributed by atoms with Gasteiger partial charge in [0.25, 0.3) is 0 Å². The minimum absolute atomic E-state index is 0. The molecule has 1 unspecified atom stereocenters. The van der Waals surface area contributed by atoms with E-state index in [4.69, 9.17) is 10.8 Å². The average Bonchev–Trinajstić information content (AvgIpc) is 2.77. The van der Waals surface area contributed by atoms with Crippen LogP contribution in [0.2, 0.25) is 0 Å². The fourth-order valence-corrected chi connectivity index (χ4v) is 2.26. The average molecular weight is 531 g/mol. The summed E-state index contributed by atoms with van der Waals surface area (Å²) in [5, 5.41) is 12.2. The van der Waals surface area contributed by atoms with Crippen LogP contribution in [0.3, 0.4) is 0 Å². The third-order valence-electron chi connectivity index (χ3n) is 3.23. The summed E-state index contributed by atoms with van der Waals surface area (Å²) >= 11 is 0. The van der Waals surface area contributed by atoms with Crippen LogP contribution < -0.4 is 17.2 Å². The first-order valence-corrected chi connectivity index (χ1v) is 7.20. The Morgan fingerprint density at radius 2 is 2.05 bits per heavy atom. The van der Waals surface area contributed by atoms with E-state index in [1.807, 2.05) is 19.9 Å². The summed E-state index contributed by atoms with van der Waals surface area (Å²) in [5.74, 6) is -1.05. The van der Waals surface area contributed by atoms with Gasteiger partial charge in [-0.2, -0.15) is 0 Å². The van der Waals surface area contributed by atoms with E-state index in [-0.39, 0.29) is 49.0 Å². The molecule has 1 aliphatic heterocycles. The Morgan fingerprint density at radius 1 is 1.36 bits per heavy atom. The molecule has 0 aromatic heterocycles. The molecule has 0 aromatic rings. The molecule has 0 radical (unpaired) electrons. The second kappa shape index (κ2) is 12.6. The predicted molar refractivity (Wildman–Crippen MR) is 87.0 cm³/mol. The molecule has 122 valence electrons. The first kappa shape index (κ1) is 23.3. The van der Waals surface area contributed by atoms with Crippen molar-refractivity contribution in [1.82, 2.24) is 11.5 Å². The first-order valence-electron chi connectivity index (χ1n) is 7.20. The van der Waals surface area contributed by atoms with Gasteiger partial charge in [0, 0.05) is 36.8 Å². The molecule has 7 N–H and O–H groups in total. The number of nitrogens with two attached hydrogens (primary N) is 1. The van der Waals surface area contributed by atoms with Crippen LogP contribution in [-0.2, 0) is 4.79 Å². The van der Waals surface area contributed by atoms with E-state index in [0.717, 1.165) is 19.3 Å². The van der Waals surface area contributed by atoms with Crippen molar-refractivity contribution in [3.05, 3.63) is 47.3 Å². The third-order valence-corrected chi connectivity index (χ3v) is 3.23. The molecule has 2 aliphatic rings. The summed E-state index contributed by atoms with van der Waals surface area (Å²) in [4.78, 5) is 10.9. The van der Waals surface area contributed by atoms with Crippen molar-refractivity contribution in [1.29, 1.82) is 0 Å². The van der Waals surface area contributed by atoms with Gasteiger partial charge in [-0.1, -0.05) is 44.2 Å². The van der Waals surface area contributed by atoms with Crippen LogP contribution in [-0.4, -0.2) is 17.1 Å². The number of allylic oxidation sites excluding steroid dienone is 5. The Hall–Kier alpha value is -0.958. The van der Waals surface area contributed by atoms with Crippen LogP contribution in [0.1, 0.15) is 39.5 Å². The quantitative estimate of drug-likeness (QED) is 0.410. The van der Waals surface area contributed by atoms with Gasteiger partial charge in [-0.15, -0.1) is 0 Å². The molecule has 1 heterocycles. The largest absolute Gasteiger partial charge is 0.477 e. The van der Waals surface area contributed by atoms with E-state index in [1.165, 1.54) is 5.57 Å². The maximum atomic E-state index is 10.9. The molecule has 2 rings (SSSR count). The van der Waals surface area contributed by atoms with E-state index >= 15 is 0 Å². The van der Waals surface area contributed by atoms with Gasteiger partial charge < -0.3 is 22.3 Å². The third kappa shape index (κ3) is 6.87. The Labute approximate surface area is 156 Å². The molecule has 22 heavy (non-hydrogen) atoms. The van der Waals surface area contributed by atoms with Crippen LogP contribution in [0.4, 0.5) is 0 Å². The Balaban J connectivity index is 0. The maximum absolute atomic E-state index is 10.9. The molecule has 0 aromatic carbocycles. The number of hydrogen-bond acceptors (Lipinski definition) is 4. The second-order valence-electron chi connectivity index (χ2n) is 4.52. The van der Waals surface area contributed by atoms with Crippen molar-refractivity contribution in [3.8, 4) is 0 Å². The van der Waals surface area contributed by atoms with E-state index in [2.05, 4.69) is 29.6 Å². The van der Waals surface area contributed by atoms with Crippen LogP contribution in [0, 0.1) is 31.1 Å². The van der Waals surface area contributed by atoms with Gasteiger partial charge in [-0.05, 0) is 31.3 Å². The molecule has 6 heteroatoms. The number of hydrogen-bond donors (Lipinski definition) is 4. The number of carboxylic acid groups (broad SMARTS) is 1. The Kier molecular flexibility index (Phi) is 13.3. The minimum atomic E-state index is -1.05. The van der Waals surface area contributed by atoms with Crippen molar-refractivity contribution >= 4 is 5.97 Å². The molecule has 1 aliphatic carbocycles. The summed E-state index contributed by atoms with van der Waals surface area (Å²) in [6.07, 6.45) is 14.0. The number of piperidine rings is 1. The summed E-state index contributed by atoms with van der Waals surface area (Å²) in [7, 11) is 0. The van der Waals surface area contributed by atoms with E-state index < -0.39 is 5.97 Å². The number of rotatable bonds is 2.